The van der Waals surface area contributed by atoms with Crippen LogP contribution in [0.2, 0.25) is 0 Å². The third-order valence-corrected chi connectivity index (χ3v) is 2.66. The maximum atomic E-state index is 5.83. The number of fused-ring (bicyclic) bond motifs is 1. The molecule has 0 unspecified atom stereocenters. The average Bonchev–Trinajstić information content (AvgIpc) is 2.16. The number of aromatic nitrogens is 2. The van der Waals surface area contributed by atoms with Crippen molar-refractivity contribution in [3.63, 3.8) is 0 Å². The molecule has 0 atom stereocenters. The fourth-order valence-electron chi connectivity index (χ4n) is 1.79. The lowest BCUT2D eigenvalue weighted by Gasteiger charge is -2.33. The lowest BCUT2D eigenvalue weighted by Crippen LogP contribution is -2.41. The molecule has 0 bridgehead atoms. The van der Waals surface area contributed by atoms with E-state index >= 15 is 0 Å². The number of anilines is 2. The third kappa shape index (κ3) is 1.86. The molecule has 0 fully saturated rings. The number of nitrogens with zero attached hydrogens (tertiary/aromatic N) is 4. The summed E-state index contributed by atoms with van der Waals surface area (Å²) < 4.78 is 0. The molecule has 6 heteroatoms. The lowest BCUT2D eigenvalue weighted by molar-refractivity contribution is 0.0107. The van der Waals surface area contributed by atoms with Crippen LogP contribution in [-0.2, 0) is 13.0 Å². The fraction of sp³-hybridized carbons (Fsp3) is 0.556. The minimum absolute atomic E-state index is 0.268. The van der Waals surface area contributed by atoms with Crippen molar-refractivity contribution in [2.45, 2.75) is 13.0 Å². The summed E-state index contributed by atoms with van der Waals surface area (Å²) in [5, 5.41) is 4.25. The Labute approximate surface area is 88.9 Å². The smallest absolute Gasteiger partial charge is 0.222 e. The first kappa shape index (κ1) is 10.1. The van der Waals surface area contributed by atoms with Gasteiger partial charge in [0.2, 0.25) is 5.95 Å². The molecule has 2 heterocycles. The zero-order valence-corrected chi connectivity index (χ0v) is 9.06. The Morgan fingerprint density at radius 3 is 2.67 bits per heavy atom. The maximum absolute atomic E-state index is 5.83. The van der Waals surface area contributed by atoms with Crippen LogP contribution >= 0.6 is 0 Å². The van der Waals surface area contributed by atoms with E-state index in [0.717, 1.165) is 30.8 Å². The van der Waals surface area contributed by atoms with Crippen LogP contribution in [0.25, 0.3) is 0 Å². The second-order valence-electron chi connectivity index (χ2n) is 3.88. The summed E-state index contributed by atoms with van der Waals surface area (Å²) in [6.45, 7) is 1.70. The lowest BCUT2D eigenvalue weighted by atomic mass is 10.1. The Hall–Kier alpha value is -1.40. The number of hydrogen-bond acceptors (Lipinski definition) is 6. The summed E-state index contributed by atoms with van der Waals surface area (Å²) in [4.78, 5) is 8.19. The van der Waals surface area contributed by atoms with Crippen molar-refractivity contribution in [1.82, 2.24) is 20.0 Å². The van der Waals surface area contributed by atoms with Gasteiger partial charge in [0.15, 0.2) is 0 Å². The van der Waals surface area contributed by atoms with E-state index in [-0.39, 0.29) is 5.95 Å². The van der Waals surface area contributed by atoms with Crippen molar-refractivity contribution in [2.24, 2.45) is 0 Å². The van der Waals surface area contributed by atoms with Crippen molar-refractivity contribution in [3.8, 4) is 0 Å². The molecular weight excluding hydrogens is 192 g/mol. The molecule has 1 aliphatic rings. The van der Waals surface area contributed by atoms with Gasteiger partial charge in [0.1, 0.15) is 5.82 Å². The molecule has 2 rings (SSSR count). The summed E-state index contributed by atoms with van der Waals surface area (Å²) in [5.74, 6) is 0.772. The molecule has 0 radical (unpaired) electrons. The summed E-state index contributed by atoms with van der Waals surface area (Å²) in [5.41, 5.74) is 13.4. The molecule has 4 N–H and O–H groups in total. The highest BCUT2D eigenvalue weighted by atomic mass is 15.6. The number of hydrazine groups is 1. The molecule has 15 heavy (non-hydrogen) atoms. The number of nitrogen functional groups attached to an aromatic ring is 2. The van der Waals surface area contributed by atoms with Gasteiger partial charge in [-0.05, 0) is 0 Å². The van der Waals surface area contributed by atoms with Crippen molar-refractivity contribution in [1.29, 1.82) is 0 Å². The summed E-state index contributed by atoms with van der Waals surface area (Å²) in [6.07, 6.45) is 0.866. The highest BCUT2D eigenvalue weighted by molar-refractivity contribution is 5.46. The van der Waals surface area contributed by atoms with Crippen LogP contribution < -0.4 is 11.5 Å². The van der Waals surface area contributed by atoms with Crippen molar-refractivity contribution in [3.05, 3.63) is 11.3 Å². The second kappa shape index (κ2) is 3.63. The molecule has 0 spiro atoms. The van der Waals surface area contributed by atoms with Gasteiger partial charge in [-0.1, -0.05) is 0 Å². The zero-order valence-electron chi connectivity index (χ0n) is 9.06. The first-order chi connectivity index (χ1) is 7.08. The van der Waals surface area contributed by atoms with Crippen LogP contribution in [0.15, 0.2) is 0 Å². The van der Waals surface area contributed by atoms with E-state index in [1.165, 1.54) is 0 Å². The van der Waals surface area contributed by atoms with Crippen LogP contribution in [0.3, 0.4) is 0 Å². The monoisotopic (exact) mass is 208 g/mol. The predicted molar refractivity (Wildman–Crippen MR) is 58.7 cm³/mol. The van der Waals surface area contributed by atoms with E-state index in [4.69, 9.17) is 11.5 Å². The van der Waals surface area contributed by atoms with Crippen molar-refractivity contribution < 1.29 is 0 Å². The third-order valence-electron chi connectivity index (χ3n) is 2.66. The second-order valence-corrected chi connectivity index (χ2v) is 3.88. The van der Waals surface area contributed by atoms with E-state index in [9.17, 15) is 0 Å². The highest BCUT2D eigenvalue weighted by Crippen LogP contribution is 2.22. The molecule has 0 saturated carbocycles. The van der Waals surface area contributed by atoms with E-state index in [0.29, 0.717) is 5.82 Å². The predicted octanol–water partition coefficient (Wildman–Crippen LogP) is -0.524. The van der Waals surface area contributed by atoms with Crippen LogP contribution in [0.1, 0.15) is 11.3 Å². The van der Waals surface area contributed by atoms with Gasteiger partial charge < -0.3 is 11.5 Å². The highest BCUT2D eigenvalue weighted by Gasteiger charge is 2.21. The standard InChI is InChI=1S/C9H16N6/c1-14(2)15-4-3-7-6(5-15)8(10)13-9(11)12-7/h3-5H2,1-2H3,(H4,10,11,12,13). The van der Waals surface area contributed by atoms with E-state index < -0.39 is 0 Å². The summed E-state index contributed by atoms with van der Waals surface area (Å²) in [7, 11) is 4.03. The Kier molecular flexibility index (Phi) is 2.45. The number of hydrogen-bond donors (Lipinski definition) is 2. The zero-order chi connectivity index (χ0) is 11.0. The van der Waals surface area contributed by atoms with E-state index in [1.807, 2.05) is 14.1 Å². The summed E-state index contributed by atoms with van der Waals surface area (Å²) in [6, 6.07) is 0. The minimum atomic E-state index is 0.268. The molecule has 0 aliphatic carbocycles. The maximum Gasteiger partial charge on any atom is 0.222 e. The quantitative estimate of drug-likeness (QED) is 0.646. The van der Waals surface area contributed by atoms with E-state index in [2.05, 4.69) is 20.0 Å². The van der Waals surface area contributed by atoms with Gasteiger partial charge in [0.05, 0.1) is 5.69 Å². The van der Waals surface area contributed by atoms with Gasteiger partial charge in [-0.25, -0.2) is 15.0 Å². The molecule has 0 saturated heterocycles. The van der Waals surface area contributed by atoms with Gasteiger partial charge in [-0.15, -0.1) is 0 Å². The molecule has 82 valence electrons. The van der Waals surface area contributed by atoms with Crippen LogP contribution in [-0.4, -0.2) is 40.6 Å². The number of nitrogens with two attached hydrogens (primary N) is 2. The van der Waals surface area contributed by atoms with Crippen LogP contribution in [0, 0.1) is 0 Å². The largest absolute Gasteiger partial charge is 0.383 e. The fourth-order valence-corrected chi connectivity index (χ4v) is 1.79. The van der Waals surface area contributed by atoms with E-state index in [1.54, 1.807) is 0 Å². The van der Waals surface area contributed by atoms with Crippen LogP contribution in [0.5, 0.6) is 0 Å². The topological polar surface area (TPSA) is 84.3 Å². The van der Waals surface area contributed by atoms with Gasteiger partial charge in [0.25, 0.3) is 0 Å². The van der Waals surface area contributed by atoms with Gasteiger partial charge in [-0.2, -0.15) is 4.98 Å². The van der Waals surface area contributed by atoms with Gasteiger partial charge in [0, 0.05) is 39.2 Å². The average molecular weight is 208 g/mol. The van der Waals surface area contributed by atoms with Crippen molar-refractivity contribution in [2.75, 3.05) is 32.1 Å². The first-order valence-electron chi connectivity index (χ1n) is 4.91. The first-order valence-corrected chi connectivity index (χ1v) is 4.91. The summed E-state index contributed by atoms with van der Waals surface area (Å²) >= 11 is 0. The van der Waals surface area contributed by atoms with Gasteiger partial charge >= 0.3 is 0 Å². The number of rotatable bonds is 1. The Morgan fingerprint density at radius 2 is 2.00 bits per heavy atom. The molecular formula is C9H16N6. The Bertz CT molecular complexity index is 375. The molecule has 6 nitrogen and oxygen atoms in total. The van der Waals surface area contributed by atoms with Crippen molar-refractivity contribution >= 4 is 11.8 Å². The molecule has 0 aromatic carbocycles. The Morgan fingerprint density at radius 1 is 1.27 bits per heavy atom. The van der Waals surface area contributed by atoms with Crippen LogP contribution in [0.4, 0.5) is 11.8 Å². The molecule has 1 aliphatic heterocycles. The Balaban J connectivity index is 2.33. The normalized spacial score (nSPS) is 16.7. The van der Waals surface area contributed by atoms with Gasteiger partial charge in [-0.3, -0.25) is 0 Å². The molecule has 1 aromatic rings. The SMILES string of the molecule is CN(C)N1CCc2nc(N)nc(N)c2C1. The molecule has 0 amide bonds. The molecule has 1 aromatic heterocycles. The minimum Gasteiger partial charge on any atom is -0.383 e.